The Morgan fingerprint density at radius 3 is 2.81 bits per heavy atom. The van der Waals surface area contributed by atoms with Gasteiger partial charge in [-0.1, -0.05) is 28.1 Å². The summed E-state index contributed by atoms with van der Waals surface area (Å²) in [5.41, 5.74) is 4.10. The van der Waals surface area contributed by atoms with E-state index in [9.17, 15) is 5.11 Å². The molecule has 0 aromatic heterocycles. The molecular formula is C18H17BrO2. The van der Waals surface area contributed by atoms with Gasteiger partial charge in [0.2, 0.25) is 0 Å². The van der Waals surface area contributed by atoms with Gasteiger partial charge >= 0.3 is 0 Å². The molecule has 0 saturated carbocycles. The standard InChI is InChI=1S/C18H17BrO2/c19-16-3-1-14-11-18(20,7-5-12(14)10-16)15-2-4-17-13(9-15)6-8-21-17/h1-4,9-10,20H,5-8,11H2. The molecule has 2 aromatic carbocycles. The lowest BCUT2D eigenvalue weighted by atomic mass is 9.76. The van der Waals surface area contributed by atoms with Crippen LogP contribution in [0, 0.1) is 0 Å². The third-order valence-electron chi connectivity index (χ3n) is 4.69. The molecule has 2 aromatic rings. The van der Waals surface area contributed by atoms with Crippen LogP contribution in [0.25, 0.3) is 0 Å². The van der Waals surface area contributed by atoms with E-state index in [0.29, 0.717) is 6.42 Å². The van der Waals surface area contributed by atoms with Gasteiger partial charge in [-0.05, 0) is 59.4 Å². The van der Waals surface area contributed by atoms with Crippen LogP contribution in [-0.2, 0) is 24.9 Å². The van der Waals surface area contributed by atoms with E-state index in [2.05, 4.69) is 40.2 Å². The zero-order valence-corrected chi connectivity index (χ0v) is 13.3. The molecule has 0 amide bonds. The molecule has 1 unspecified atom stereocenters. The van der Waals surface area contributed by atoms with Crippen LogP contribution in [0.1, 0.15) is 28.7 Å². The number of aryl methyl sites for hydroxylation is 1. The molecule has 0 spiro atoms. The van der Waals surface area contributed by atoms with E-state index in [0.717, 1.165) is 41.7 Å². The largest absolute Gasteiger partial charge is 0.493 e. The number of hydrogen-bond donors (Lipinski definition) is 1. The van der Waals surface area contributed by atoms with Crippen LogP contribution in [0.2, 0.25) is 0 Å². The summed E-state index contributed by atoms with van der Waals surface area (Å²) in [5, 5.41) is 11.1. The van der Waals surface area contributed by atoms with Crippen molar-refractivity contribution in [1.82, 2.24) is 0 Å². The molecule has 1 aliphatic carbocycles. The first-order chi connectivity index (χ1) is 10.1. The van der Waals surface area contributed by atoms with E-state index in [1.54, 1.807) is 0 Å². The van der Waals surface area contributed by atoms with E-state index in [1.165, 1.54) is 16.7 Å². The van der Waals surface area contributed by atoms with Gasteiger partial charge in [0.25, 0.3) is 0 Å². The Bertz CT molecular complexity index is 710. The van der Waals surface area contributed by atoms with Crippen molar-refractivity contribution in [1.29, 1.82) is 0 Å². The number of benzene rings is 2. The van der Waals surface area contributed by atoms with Gasteiger partial charge < -0.3 is 9.84 Å². The van der Waals surface area contributed by atoms with E-state index < -0.39 is 5.60 Å². The van der Waals surface area contributed by atoms with Crippen molar-refractivity contribution in [2.45, 2.75) is 31.3 Å². The second kappa shape index (κ2) is 4.85. The van der Waals surface area contributed by atoms with Gasteiger partial charge in [0.15, 0.2) is 0 Å². The monoisotopic (exact) mass is 344 g/mol. The Balaban J connectivity index is 1.70. The molecule has 0 bridgehead atoms. The van der Waals surface area contributed by atoms with Gasteiger partial charge in [0.1, 0.15) is 5.75 Å². The molecule has 108 valence electrons. The molecule has 4 rings (SSSR count). The highest BCUT2D eigenvalue weighted by atomic mass is 79.9. The van der Waals surface area contributed by atoms with Gasteiger partial charge in [0, 0.05) is 17.3 Å². The van der Waals surface area contributed by atoms with Crippen molar-refractivity contribution in [2.24, 2.45) is 0 Å². The van der Waals surface area contributed by atoms with Crippen molar-refractivity contribution < 1.29 is 9.84 Å². The molecular weight excluding hydrogens is 328 g/mol. The second-order valence-corrected chi connectivity index (χ2v) is 6.96. The molecule has 0 radical (unpaired) electrons. The van der Waals surface area contributed by atoms with Gasteiger partial charge in [0.05, 0.1) is 12.2 Å². The smallest absolute Gasteiger partial charge is 0.122 e. The highest BCUT2D eigenvalue weighted by Gasteiger charge is 2.34. The summed E-state index contributed by atoms with van der Waals surface area (Å²) in [5.74, 6) is 0.975. The lowest BCUT2D eigenvalue weighted by molar-refractivity contribution is 0.0222. The Morgan fingerprint density at radius 1 is 1.00 bits per heavy atom. The van der Waals surface area contributed by atoms with Gasteiger partial charge in [-0.2, -0.15) is 0 Å². The Hall–Kier alpha value is -1.32. The lowest BCUT2D eigenvalue weighted by Gasteiger charge is -2.34. The van der Waals surface area contributed by atoms with Crippen LogP contribution in [0.4, 0.5) is 0 Å². The van der Waals surface area contributed by atoms with Gasteiger partial charge in [-0.25, -0.2) is 0 Å². The molecule has 1 aliphatic heterocycles. The minimum Gasteiger partial charge on any atom is -0.493 e. The summed E-state index contributed by atoms with van der Waals surface area (Å²) in [6, 6.07) is 12.5. The number of aliphatic hydroxyl groups is 1. The summed E-state index contributed by atoms with van der Waals surface area (Å²) in [7, 11) is 0. The number of fused-ring (bicyclic) bond motifs is 2. The third kappa shape index (κ3) is 2.29. The fourth-order valence-corrected chi connectivity index (χ4v) is 3.88. The molecule has 21 heavy (non-hydrogen) atoms. The molecule has 1 atom stereocenters. The zero-order chi connectivity index (χ0) is 14.4. The van der Waals surface area contributed by atoms with E-state index in [1.807, 2.05) is 12.1 Å². The summed E-state index contributed by atoms with van der Waals surface area (Å²) >= 11 is 3.52. The molecule has 1 N–H and O–H groups in total. The van der Waals surface area contributed by atoms with E-state index in [4.69, 9.17) is 4.74 Å². The fraction of sp³-hybridized carbons (Fsp3) is 0.333. The fourth-order valence-electron chi connectivity index (χ4n) is 3.47. The summed E-state index contributed by atoms with van der Waals surface area (Å²) in [6.45, 7) is 0.758. The normalized spacial score (nSPS) is 23.3. The van der Waals surface area contributed by atoms with Crippen LogP contribution in [0.3, 0.4) is 0 Å². The first-order valence-electron chi connectivity index (χ1n) is 7.40. The van der Waals surface area contributed by atoms with Crippen molar-refractivity contribution >= 4 is 15.9 Å². The molecule has 1 heterocycles. The van der Waals surface area contributed by atoms with Crippen molar-refractivity contribution in [3.63, 3.8) is 0 Å². The van der Waals surface area contributed by atoms with Crippen LogP contribution < -0.4 is 4.74 Å². The number of hydrogen-bond acceptors (Lipinski definition) is 2. The summed E-state index contributed by atoms with van der Waals surface area (Å²) < 4.78 is 6.67. The maximum atomic E-state index is 11.1. The van der Waals surface area contributed by atoms with Crippen molar-refractivity contribution in [2.75, 3.05) is 6.61 Å². The van der Waals surface area contributed by atoms with E-state index in [-0.39, 0.29) is 0 Å². The zero-order valence-electron chi connectivity index (χ0n) is 11.7. The predicted octanol–water partition coefficient (Wildman–Crippen LogP) is 3.76. The van der Waals surface area contributed by atoms with E-state index >= 15 is 0 Å². The molecule has 0 fully saturated rings. The van der Waals surface area contributed by atoms with Gasteiger partial charge in [-0.15, -0.1) is 0 Å². The second-order valence-electron chi connectivity index (χ2n) is 6.04. The van der Waals surface area contributed by atoms with Gasteiger partial charge in [-0.3, -0.25) is 0 Å². The number of ether oxygens (including phenoxy) is 1. The number of halogens is 1. The first-order valence-corrected chi connectivity index (χ1v) is 8.19. The van der Waals surface area contributed by atoms with Crippen LogP contribution in [0.15, 0.2) is 40.9 Å². The maximum absolute atomic E-state index is 11.1. The maximum Gasteiger partial charge on any atom is 0.122 e. The molecule has 2 nitrogen and oxygen atoms in total. The quantitative estimate of drug-likeness (QED) is 0.853. The molecule has 0 saturated heterocycles. The Labute approximate surface area is 132 Å². The minimum absolute atomic E-state index is 0.690. The summed E-state index contributed by atoms with van der Waals surface area (Å²) in [6.07, 6.45) is 3.33. The van der Waals surface area contributed by atoms with Crippen LogP contribution in [-0.4, -0.2) is 11.7 Å². The van der Waals surface area contributed by atoms with Crippen molar-refractivity contribution in [3.8, 4) is 5.75 Å². The van der Waals surface area contributed by atoms with Crippen LogP contribution >= 0.6 is 15.9 Å². The average molecular weight is 345 g/mol. The molecule has 2 aliphatic rings. The topological polar surface area (TPSA) is 29.5 Å². The van der Waals surface area contributed by atoms with Crippen molar-refractivity contribution in [3.05, 3.63) is 63.1 Å². The molecule has 3 heteroatoms. The highest BCUT2D eigenvalue weighted by Crippen LogP contribution is 2.39. The Kier molecular flexibility index (Phi) is 3.09. The lowest BCUT2D eigenvalue weighted by Crippen LogP contribution is -2.33. The number of rotatable bonds is 1. The minimum atomic E-state index is -0.752. The van der Waals surface area contributed by atoms with Crippen LogP contribution in [0.5, 0.6) is 5.75 Å². The highest BCUT2D eigenvalue weighted by molar-refractivity contribution is 9.10. The first kappa shape index (κ1) is 13.4. The third-order valence-corrected chi connectivity index (χ3v) is 5.18. The predicted molar refractivity (Wildman–Crippen MR) is 85.7 cm³/mol. The average Bonchev–Trinajstić information content (AvgIpc) is 2.95. The SMILES string of the molecule is OC1(c2ccc3c(c2)CCO3)CCc2cc(Br)ccc2C1. The Morgan fingerprint density at radius 2 is 1.90 bits per heavy atom. The summed E-state index contributed by atoms with van der Waals surface area (Å²) in [4.78, 5) is 0.